The van der Waals surface area contributed by atoms with Gasteiger partial charge in [0.1, 0.15) is 4.33 Å². The van der Waals surface area contributed by atoms with Gasteiger partial charge >= 0.3 is 0 Å². The Bertz CT molecular complexity index is 1180. The van der Waals surface area contributed by atoms with E-state index >= 15 is 0 Å². The number of halogens is 5. The second-order valence-electron chi connectivity index (χ2n) is 7.34. The number of hydrogen-bond donors (Lipinski definition) is 2. The second-order valence-corrected chi connectivity index (χ2v) is 10.1. The van der Waals surface area contributed by atoms with E-state index in [4.69, 9.17) is 58.0 Å². The fourth-order valence-electron chi connectivity index (χ4n) is 3.54. The number of anilines is 2. The van der Waals surface area contributed by atoms with Crippen LogP contribution in [0.5, 0.6) is 0 Å². The quantitative estimate of drug-likeness (QED) is 0.339. The van der Waals surface area contributed by atoms with Crippen LogP contribution in [0.4, 0.5) is 11.4 Å². The van der Waals surface area contributed by atoms with E-state index in [0.717, 1.165) is 0 Å². The van der Waals surface area contributed by atoms with Crippen molar-refractivity contribution >= 4 is 81.2 Å². The molecule has 9 heteroatoms. The maximum absolute atomic E-state index is 12.9. The summed E-state index contributed by atoms with van der Waals surface area (Å²) in [6.07, 6.45) is 0. The van der Waals surface area contributed by atoms with Gasteiger partial charge in [0.05, 0.1) is 16.5 Å². The van der Waals surface area contributed by atoms with E-state index in [2.05, 4.69) is 10.6 Å². The number of amides is 2. The summed E-state index contributed by atoms with van der Waals surface area (Å²) < 4.78 is -1.31. The van der Waals surface area contributed by atoms with E-state index < -0.39 is 28.0 Å². The summed E-state index contributed by atoms with van der Waals surface area (Å²) in [4.78, 5) is 25.6. The third kappa shape index (κ3) is 4.85. The van der Waals surface area contributed by atoms with Crippen LogP contribution in [-0.2, 0) is 4.79 Å². The van der Waals surface area contributed by atoms with E-state index in [-0.39, 0.29) is 10.6 Å². The minimum absolute atomic E-state index is 0.213. The Balaban J connectivity index is 1.51. The molecule has 2 amide bonds. The first kappa shape index (κ1) is 23.2. The van der Waals surface area contributed by atoms with E-state index in [9.17, 15) is 9.59 Å². The van der Waals surface area contributed by atoms with Crippen LogP contribution in [0.1, 0.15) is 21.8 Å². The molecule has 0 unspecified atom stereocenters. The van der Waals surface area contributed by atoms with Gasteiger partial charge in [0, 0.05) is 27.3 Å². The number of alkyl halides is 2. The lowest BCUT2D eigenvalue weighted by Crippen LogP contribution is -2.18. The van der Waals surface area contributed by atoms with Crippen molar-refractivity contribution in [2.45, 2.75) is 10.3 Å². The summed E-state index contributed by atoms with van der Waals surface area (Å²) in [5, 5.41) is 6.63. The van der Waals surface area contributed by atoms with Gasteiger partial charge in [0.15, 0.2) is 0 Å². The van der Waals surface area contributed by atoms with Crippen molar-refractivity contribution in [3.63, 3.8) is 0 Å². The van der Waals surface area contributed by atoms with Gasteiger partial charge in [0.25, 0.3) is 5.91 Å². The van der Waals surface area contributed by atoms with Crippen molar-refractivity contribution in [2.75, 3.05) is 10.6 Å². The first-order valence-corrected chi connectivity index (χ1v) is 11.4. The molecule has 1 aliphatic rings. The molecule has 0 aliphatic heterocycles. The number of benzene rings is 3. The van der Waals surface area contributed by atoms with Gasteiger partial charge in [0.2, 0.25) is 5.91 Å². The van der Waals surface area contributed by atoms with Gasteiger partial charge in [-0.25, -0.2) is 0 Å². The molecule has 0 radical (unpaired) electrons. The minimum Gasteiger partial charge on any atom is -0.326 e. The second kappa shape index (κ2) is 9.12. The van der Waals surface area contributed by atoms with E-state index in [1.165, 1.54) is 12.1 Å². The van der Waals surface area contributed by atoms with Crippen LogP contribution in [-0.4, -0.2) is 16.1 Å². The summed E-state index contributed by atoms with van der Waals surface area (Å²) in [7, 11) is 0. The Labute approximate surface area is 209 Å². The Morgan fingerprint density at radius 2 is 1.44 bits per heavy atom. The topological polar surface area (TPSA) is 58.2 Å². The molecule has 3 aromatic carbocycles. The summed E-state index contributed by atoms with van der Waals surface area (Å²) in [6, 6.07) is 18.5. The summed E-state index contributed by atoms with van der Waals surface area (Å²) in [6.45, 7) is 0. The van der Waals surface area contributed by atoms with Crippen LogP contribution in [0.25, 0.3) is 0 Å². The van der Waals surface area contributed by atoms with Crippen molar-refractivity contribution in [2.24, 2.45) is 5.92 Å². The summed E-state index contributed by atoms with van der Waals surface area (Å²) in [5.41, 5.74) is 1.89. The lowest BCUT2D eigenvalue weighted by Gasteiger charge is -2.10. The molecule has 164 valence electrons. The lowest BCUT2D eigenvalue weighted by atomic mass is 10.1. The smallest absolute Gasteiger partial charge is 0.257 e. The van der Waals surface area contributed by atoms with Crippen LogP contribution in [0.3, 0.4) is 0 Å². The van der Waals surface area contributed by atoms with Crippen LogP contribution < -0.4 is 10.6 Å². The van der Waals surface area contributed by atoms with Crippen LogP contribution >= 0.6 is 58.0 Å². The van der Waals surface area contributed by atoms with E-state index in [1.54, 1.807) is 48.5 Å². The van der Waals surface area contributed by atoms with E-state index in [0.29, 0.717) is 27.0 Å². The number of nitrogens with one attached hydrogen (secondary N) is 2. The molecule has 32 heavy (non-hydrogen) atoms. The number of carbonyl (C=O) groups is 2. The zero-order valence-corrected chi connectivity index (χ0v) is 20.0. The first-order chi connectivity index (χ1) is 15.2. The van der Waals surface area contributed by atoms with Gasteiger partial charge in [-0.2, -0.15) is 0 Å². The summed E-state index contributed by atoms with van der Waals surface area (Å²) in [5.74, 6) is -2.00. The van der Waals surface area contributed by atoms with E-state index in [1.807, 2.05) is 6.07 Å². The van der Waals surface area contributed by atoms with Gasteiger partial charge in [-0.15, -0.1) is 23.2 Å². The molecule has 0 spiro atoms. The number of para-hydroxylation sites is 1. The highest BCUT2D eigenvalue weighted by Gasteiger charge is 2.67. The molecule has 1 saturated carbocycles. The van der Waals surface area contributed by atoms with Gasteiger partial charge in [-0.3, -0.25) is 9.59 Å². The number of rotatable bonds is 5. The normalized spacial score (nSPS) is 18.7. The van der Waals surface area contributed by atoms with Crippen molar-refractivity contribution in [1.82, 2.24) is 0 Å². The third-order valence-electron chi connectivity index (χ3n) is 5.09. The summed E-state index contributed by atoms with van der Waals surface area (Å²) >= 11 is 31.2. The SMILES string of the molecule is O=C(Nc1ccccc1)c1cc(NC(=O)[C@@H]2[C@@H](c3cc(Cl)cc(Cl)c3)C2(Cl)Cl)ccc1Cl. The zero-order valence-electron chi connectivity index (χ0n) is 16.2. The number of hydrogen-bond acceptors (Lipinski definition) is 2. The molecular weight excluding hydrogens is 514 g/mol. The van der Waals surface area contributed by atoms with Crippen molar-refractivity contribution in [1.29, 1.82) is 0 Å². The van der Waals surface area contributed by atoms with Crippen molar-refractivity contribution in [3.05, 3.63) is 92.9 Å². The highest BCUT2D eigenvalue weighted by atomic mass is 35.5. The number of carbonyl (C=O) groups excluding carboxylic acids is 2. The monoisotopic (exact) mass is 526 g/mol. The maximum atomic E-state index is 12.9. The van der Waals surface area contributed by atoms with Crippen LogP contribution in [0.15, 0.2) is 66.7 Å². The molecule has 0 bridgehead atoms. The van der Waals surface area contributed by atoms with Gasteiger partial charge in [-0.1, -0.05) is 53.0 Å². The average molecular weight is 529 g/mol. The molecule has 4 rings (SSSR count). The molecule has 0 heterocycles. The molecule has 4 nitrogen and oxygen atoms in total. The van der Waals surface area contributed by atoms with Gasteiger partial charge in [-0.05, 0) is 54.1 Å². The molecule has 0 aromatic heterocycles. The highest BCUT2D eigenvalue weighted by molar-refractivity contribution is 6.53. The highest BCUT2D eigenvalue weighted by Crippen LogP contribution is 2.65. The lowest BCUT2D eigenvalue weighted by molar-refractivity contribution is -0.117. The standard InChI is InChI=1S/C23H15Cl5N2O2/c24-13-8-12(9-14(25)10-13)19-20(23(19,27)28)22(32)30-16-6-7-18(26)17(11-16)21(31)29-15-4-2-1-3-5-15/h1-11,19-20H,(H,29,31)(H,30,32)/t19-,20+/m1/s1. The Kier molecular flexibility index (Phi) is 6.62. The molecule has 0 saturated heterocycles. The Morgan fingerprint density at radius 3 is 2.09 bits per heavy atom. The predicted molar refractivity (Wildman–Crippen MR) is 132 cm³/mol. The van der Waals surface area contributed by atoms with Crippen LogP contribution in [0, 0.1) is 5.92 Å². The van der Waals surface area contributed by atoms with Crippen molar-refractivity contribution < 1.29 is 9.59 Å². The fraction of sp³-hybridized carbons (Fsp3) is 0.130. The maximum Gasteiger partial charge on any atom is 0.257 e. The molecular formula is C23H15Cl5N2O2. The molecule has 3 aromatic rings. The largest absolute Gasteiger partial charge is 0.326 e. The average Bonchev–Trinajstić information content (AvgIpc) is 3.31. The zero-order chi connectivity index (χ0) is 23.0. The molecule has 1 fully saturated rings. The third-order valence-corrected chi connectivity index (χ3v) is 6.80. The van der Waals surface area contributed by atoms with Crippen molar-refractivity contribution in [3.8, 4) is 0 Å². The minimum atomic E-state index is -1.31. The molecule has 2 N–H and O–H groups in total. The van der Waals surface area contributed by atoms with Crippen LogP contribution in [0.2, 0.25) is 15.1 Å². The Hall–Kier alpha value is -1.95. The van der Waals surface area contributed by atoms with Gasteiger partial charge < -0.3 is 10.6 Å². The fourth-order valence-corrected chi connectivity index (χ4v) is 5.11. The predicted octanol–water partition coefficient (Wildman–Crippen LogP) is 7.43. The molecule has 2 atom stereocenters. The Morgan fingerprint density at radius 1 is 0.781 bits per heavy atom. The first-order valence-electron chi connectivity index (χ1n) is 9.47. The molecule has 1 aliphatic carbocycles.